The maximum atomic E-state index is 10.5. The number of aliphatic hydroxyl groups is 2. The summed E-state index contributed by atoms with van der Waals surface area (Å²) in [6.07, 6.45) is 26.6. The van der Waals surface area contributed by atoms with Crippen molar-refractivity contribution in [1.82, 2.24) is 0 Å². The van der Waals surface area contributed by atoms with Gasteiger partial charge in [-0.25, -0.2) is 0 Å². The van der Waals surface area contributed by atoms with Gasteiger partial charge in [-0.1, -0.05) is 190 Å². The van der Waals surface area contributed by atoms with Crippen molar-refractivity contribution in [2.45, 2.75) is 231 Å². The van der Waals surface area contributed by atoms with Crippen molar-refractivity contribution in [2.24, 2.45) is 0 Å². The van der Waals surface area contributed by atoms with Gasteiger partial charge in [0.1, 0.15) is 0 Å². The second-order valence-corrected chi connectivity index (χ2v) is 16.4. The van der Waals surface area contributed by atoms with Crippen LogP contribution in [0.3, 0.4) is 0 Å². The monoisotopic (exact) mass is 949 g/mol. The third-order valence-corrected chi connectivity index (χ3v) is 10.8. The number of carbonyl (C=O) groups excluding carboxylic acids is 2. The summed E-state index contributed by atoms with van der Waals surface area (Å²) in [4.78, 5) is 21.0. The molecule has 59 heavy (non-hydrogen) atoms. The van der Waals surface area contributed by atoms with E-state index >= 15 is 0 Å². The predicted molar refractivity (Wildman–Crippen MR) is 238 cm³/mol. The smallest absolute Gasteiger partial charge is 0.550 e. The van der Waals surface area contributed by atoms with E-state index in [0.717, 1.165) is 88.2 Å². The summed E-state index contributed by atoms with van der Waals surface area (Å²) in [5.41, 5.74) is 2.30. The number of aliphatic carboxylic acids is 2. The molecule has 0 spiro atoms. The van der Waals surface area contributed by atoms with Crippen LogP contribution in [0.2, 0.25) is 0 Å². The fourth-order valence-corrected chi connectivity index (χ4v) is 7.27. The first-order valence-corrected chi connectivity index (χ1v) is 23.3. The summed E-state index contributed by atoms with van der Waals surface area (Å²) in [6, 6.07) is 20.3. The Bertz CT molecular complexity index is 1110. The number of rotatable bonds is 38. The number of aliphatic hydroxyl groups excluding tert-OH is 2. The van der Waals surface area contributed by atoms with Crippen LogP contribution in [0.1, 0.15) is 205 Å². The normalized spacial score (nSPS) is 13.1. The standard InChI is InChI=1S/2C25H42O4.Ba/c2*1-2-3-4-5-6-12-17-23(26)20-24(18-13-7-8-14-19-25(27)28)29-21-22-15-10-9-11-16-22;/h2*9-11,15-16,23-24,26H,2-8,12-14,17-21H2,1H3,(H,27,28);/q;;+2/p-2. The summed E-state index contributed by atoms with van der Waals surface area (Å²) >= 11 is 0. The van der Waals surface area contributed by atoms with E-state index in [1.54, 1.807) is 0 Å². The molecule has 332 valence electrons. The molecule has 2 N–H and O–H groups in total. The average Bonchev–Trinajstić information content (AvgIpc) is 3.21. The fourth-order valence-electron chi connectivity index (χ4n) is 7.27. The molecule has 0 radical (unpaired) electrons. The molecule has 2 rings (SSSR count). The van der Waals surface area contributed by atoms with E-state index in [-0.39, 0.29) is 86.1 Å². The van der Waals surface area contributed by atoms with E-state index in [1.807, 2.05) is 36.4 Å². The topological polar surface area (TPSA) is 139 Å². The molecule has 0 saturated carbocycles. The SMILES string of the molecule is CCCCCCCCC(O)CC(CCCCCCC(=O)[O-])OCc1ccccc1.CCCCCCCCC(O)CC(CCCCCCC(=O)[O-])OCc1ccccc1.[Ba+2]. The van der Waals surface area contributed by atoms with Crippen molar-refractivity contribution < 1.29 is 39.5 Å². The second kappa shape index (κ2) is 42.1. The van der Waals surface area contributed by atoms with E-state index in [0.29, 0.717) is 38.9 Å². The van der Waals surface area contributed by atoms with Crippen molar-refractivity contribution in [1.29, 1.82) is 0 Å². The van der Waals surface area contributed by atoms with E-state index in [2.05, 4.69) is 38.1 Å². The molecule has 4 unspecified atom stereocenters. The zero-order chi connectivity index (χ0) is 42.3. The zero-order valence-electron chi connectivity index (χ0n) is 37.3. The van der Waals surface area contributed by atoms with Crippen LogP contribution >= 0.6 is 0 Å². The molecule has 0 aromatic heterocycles. The van der Waals surface area contributed by atoms with Gasteiger partial charge in [0.2, 0.25) is 0 Å². The molecule has 0 aliphatic rings. The molecule has 0 aliphatic heterocycles. The van der Waals surface area contributed by atoms with E-state index in [1.165, 1.54) is 64.2 Å². The average molecular weight is 949 g/mol. The molecular weight excluding hydrogens is 866 g/mol. The van der Waals surface area contributed by atoms with Gasteiger partial charge in [-0.2, -0.15) is 0 Å². The van der Waals surface area contributed by atoms with Crippen molar-refractivity contribution in [3.05, 3.63) is 71.8 Å². The van der Waals surface area contributed by atoms with Crippen molar-refractivity contribution in [3.63, 3.8) is 0 Å². The molecule has 0 saturated heterocycles. The minimum Gasteiger partial charge on any atom is -0.550 e. The number of unbranched alkanes of at least 4 members (excludes halogenated alkanes) is 16. The van der Waals surface area contributed by atoms with Crippen molar-refractivity contribution >= 4 is 60.8 Å². The Balaban J connectivity index is 0.00000112. The number of benzene rings is 2. The van der Waals surface area contributed by atoms with Crippen LogP contribution in [0, 0.1) is 0 Å². The van der Waals surface area contributed by atoms with E-state index in [9.17, 15) is 30.0 Å². The van der Waals surface area contributed by atoms with Gasteiger partial charge in [-0.05, 0) is 75.3 Å². The van der Waals surface area contributed by atoms with Crippen molar-refractivity contribution in [2.75, 3.05) is 0 Å². The van der Waals surface area contributed by atoms with Crippen LogP contribution in [0.4, 0.5) is 0 Å². The zero-order valence-corrected chi connectivity index (χ0v) is 41.8. The fraction of sp³-hybridized carbons (Fsp3) is 0.720. The summed E-state index contributed by atoms with van der Waals surface area (Å²) in [5, 5.41) is 41.9. The third kappa shape index (κ3) is 38.2. The number of hydrogen-bond donors (Lipinski definition) is 2. The van der Waals surface area contributed by atoms with Crippen LogP contribution in [0.25, 0.3) is 0 Å². The Kier molecular flexibility index (Phi) is 41.2. The maximum absolute atomic E-state index is 10.5. The molecule has 0 heterocycles. The van der Waals surface area contributed by atoms with Crippen LogP contribution in [0.15, 0.2) is 60.7 Å². The first-order valence-electron chi connectivity index (χ1n) is 23.3. The molecule has 0 fully saturated rings. The summed E-state index contributed by atoms with van der Waals surface area (Å²) in [7, 11) is 0. The second-order valence-electron chi connectivity index (χ2n) is 16.4. The van der Waals surface area contributed by atoms with Gasteiger partial charge in [-0.3, -0.25) is 0 Å². The molecule has 0 aliphatic carbocycles. The Morgan fingerprint density at radius 1 is 0.475 bits per heavy atom. The summed E-state index contributed by atoms with van der Waals surface area (Å²) < 4.78 is 12.3. The summed E-state index contributed by atoms with van der Waals surface area (Å²) in [6.45, 7) is 5.59. The third-order valence-electron chi connectivity index (χ3n) is 10.8. The first-order chi connectivity index (χ1) is 28.2. The molecule has 2 aromatic rings. The van der Waals surface area contributed by atoms with Gasteiger partial charge >= 0.3 is 48.9 Å². The van der Waals surface area contributed by atoms with Crippen molar-refractivity contribution in [3.8, 4) is 0 Å². The van der Waals surface area contributed by atoms with Crippen LogP contribution in [0.5, 0.6) is 0 Å². The maximum Gasteiger partial charge on any atom is 2.00 e. The molecule has 0 amide bonds. The van der Waals surface area contributed by atoms with Gasteiger partial charge < -0.3 is 39.5 Å². The number of hydrogen-bond acceptors (Lipinski definition) is 8. The Labute approximate surface area is 400 Å². The minimum absolute atomic E-state index is 0. The Morgan fingerprint density at radius 2 is 0.780 bits per heavy atom. The number of carbonyl (C=O) groups is 2. The number of ether oxygens (including phenoxy) is 2. The Hall–Kier alpha value is -1.21. The molecule has 9 heteroatoms. The molecule has 2 aromatic carbocycles. The van der Waals surface area contributed by atoms with Crippen LogP contribution in [-0.2, 0) is 32.3 Å². The quantitative estimate of drug-likeness (QED) is 0.0501. The van der Waals surface area contributed by atoms with Gasteiger partial charge in [0, 0.05) is 11.9 Å². The predicted octanol–water partition coefficient (Wildman–Crippen LogP) is 9.95. The van der Waals surface area contributed by atoms with Gasteiger partial charge in [0.25, 0.3) is 0 Å². The number of carboxylic acids is 2. The molecule has 0 bridgehead atoms. The molecular formula is C50H82BaO8. The van der Waals surface area contributed by atoms with Crippen LogP contribution < -0.4 is 10.2 Å². The van der Waals surface area contributed by atoms with Gasteiger partial charge in [-0.15, -0.1) is 0 Å². The van der Waals surface area contributed by atoms with Crippen LogP contribution in [-0.4, -0.2) is 95.4 Å². The Morgan fingerprint density at radius 3 is 1.12 bits per heavy atom. The van der Waals surface area contributed by atoms with Gasteiger partial charge in [0.15, 0.2) is 0 Å². The largest absolute Gasteiger partial charge is 2.00 e. The van der Waals surface area contributed by atoms with Gasteiger partial charge in [0.05, 0.1) is 37.6 Å². The number of carboxylic acid groups (broad SMARTS) is 2. The first kappa shape index (κ1) is 57.8. The van der Waals surface area contributed by atoms with E-state index in [4.69, 9.17) is 9.47 Å². The molecule has 4 atom stereocenters. The van der Waals surface area contributed by atoms with E-state index < -0.39 is 11.9 Å². The summed E-state index contributed by atoms with van der Waals surface area (Å²) in [5.74, 6) is -1.93. The molecule has 8 nitrogen and oxygen atoms in total. The minimum atomic E-state index is -0.966.